The van der Waals surface area contributed by atoms with Gasteiger partial charge < -0.3 is 11.5 Å². The van der Waals surface area contributed by atoms with Crippen molar-refractivity contribution in [1.82, 2.24) is 4.72 Å². The van der Waals surface area contributed by atoms with Crippen molar-refractivity contribution >= 4 is 21.6 Å². The summed E-state index contributed by atoms with van der Waals surface area (Å²) in [6.07, 6.45) is 0. The van der Waals surface area contributed by atoms with Crippen LogP contribution >= 0.6 is 0 Å². The Bertz CT molecular complexity index is 1140. The number of carbonyl (C=O) groups excluding carboxylic acids is 1. The molecule has 29 heavy (non-hydrogen) atoms. The van der Waals surface area contributed by atoms with Crippen LogP contribution in [0.1, 0.15) is 24.2 Å². The lowest BCUT2D eigenvalue weighted by Crippen LogP contribution is -2.30. The molecule has 0 bridgehead atoms. The second-order valence-electron chi connectivity index (χ2n) is 7.02. The summed E-state index contributed by atoms with van der Waals surface area (Å²) in [7, 11) is -3.60. The monoisotopic (exact) mass is 409 g/mol. The molecule has 0 radical (unpaired) electrons. The van der Waals surface area contributed by atoms with Gasteiger partial charge in [-0.2, -0.15) is 0 Å². The van der Waals surface area contributed by atoms with Crippen LogP contribution in [-0.2, 0) is 10.0 Å². The molecule has 1 amide bonds. The van der Waals surface area contributed by atoms with Gasteiger partial charge in [0.25, 0.3) is 5.91 Å². The Morgan fingerprint density at radius 1 is 0.897 bits per heavy atom. The van der Waals surface area contributed by atoms with E-state index in [1.165, 1.54) is 12.1 Å². The quantitative estimate of drug-likeness (QED) is 0.541. The first-order chi connectivity index (χ1) is 13.7. The summed E-state index contributed by atoms with van der Waals surface area (Å²) in [6, 6.07) is 19.2. The average Bonchev–Trinajstić information content (AvgIpc) is 2.68. The third kappa shape index (κ3) is 4.47. The maximum atomic E-state index is 12.3. The predicted octanol–water partition coefficient (Wildman–Crippen LogP) is 3.39. The Kier molecular flexibility index (Phi) is 5.72. The zero-order valence-electron chi connectivity index (χ0n) is 16.2. The Morgan fingerprint density at radius 2 is 1.52 bits per heavy atom. The lowest BCUT2D eigenvalue weighted by molar-refractivity contribution is 0.100. The Morgan fingerprint density at radius 3 is 2.07 bits per heavy atom. The summed E-state index contributed by atoms with van der Waals surface area (Å²) in [4.78, 5) is 12.1. The summed E-state index contributed by atoms with van der Waals surface area (Å²) < 4.78 is 27.2. The number of amides is 1. The van der Waals surface area contributed by atoms with E-state index in [1.807, 2.05) is 36.4 Å². The van der Waals surface area contributed by atoms with E-state index in [9.17, 15) is 13.2 Å². The molecule has 3 rings (SSSR count). The highest BCUT2D eigenvalue weighted by atomic mass is 32.2. The highest BCUT2D eigenvalue weighted by Crippen LogP contribution is 2.34. The maximum Gasteiger partial charge on any atom is 0.250 e. The molecule has 5 N–H and O–H groups in total. The summed E-state index contributed by atoms with van der Waals surface area (Å²) in [5, 5.41) is 0. The average molecular weight is 410 g/mol. The predicted molar refractivity (Wildman–Crippen MR) is 116 cm³/mol. The van der Waals surface area contributed by atoms with Gasteiger partial charge in [0, 0.05) is 11.6 Å². The van der Waals surface area contributed by atoms with Gasteiger partial charge in [-0.25, -0.2) is 13.1 Å². The molecule has 0 aliphatic carbocycles. The van der Waals surface area contributed by atoms with E-state index in [4.69, 9.17) is 11.5 Å². The molecule has 0 atom stereocenters. The van der Waals surface area contributed by atoms with Crippen molar-refractivity contribution in [3.63, 3.8) is 0 Å². The molecule has 3 aromatic carbocycles. The van der Waals surface area contributed by atoms with E-state index in [-0.39, 0.29) is 22.2 Å². The third-order valence-corrected chi connectivity index (χ3v) is 6.09. The molecular formula is C22H23N3O3S. The van der Waals surface area contributed by atoms with E-state index >= 15 is 0 Å². The van der Waals surface area contributed by atoms with E-state index in [0.717, 1.165) is 11.1 Å². The lowest BCUT2D eigenvalue weighted by Gasteiger charge is -2.14. The highest BCUT2D eigenvalue weighted by molar-refractivity contribution is 7.89. The smallest absolute Gasteiger partial charge is 0.250 e. The van der Waals surface area contributed by atoms with Crippen LogP contribution in [0.25, 0.3) is 22.3 Å². The first-order valence-electron chi connectivity index (χ1n) is 9.10. The number of sulfonamides is 1. The lowest BCUT2D eigenvalue weighted by atomic mass is 9.94. The van der Waals surface area contributed by atoms with Crippen molar-refractivity contribution in [2.45, 2.75) is 24.8 Å². The number of hydrogen-bond donors (Lipinski definition) is 3. The fraction of sp³-hybridized carbons (Fsp3) is 0.136. The maximum absolute atomic E-state index is 12.3. The molecule has 0 aromatic heterocycles. The third-order valence-electron chi connectivity index (χ3n) is 4.42. The molecule has 0 saturated carbocycles. The molecular weight excluding hydrogens is 386 g/mol. The van der Waals surface area contributed by atoms with Crippen LogP contribution < -0.4 is 16.2 Å². The second kappa shape index (κ2) is 8.06. The van der Waals surface area contributed by atoms with Crippen molar-refractivity contribution in [2.75, 3.05) is 5.73 Å². The SMILES string of the molecule is CC(C)NS(=O)(=O)c1ccc(-c2cc(-c3ccccc3)cc(C(N)=O)c2N)cc1. The summed E-state index contributed by atoms with van der Waals surface area (Å²) >= 11 is 0. The van der Waals surface area contributed by atoms with E-state index in [2.05, 4.69) is 4.72 Å². The minimum Gasteiger partial charge on any atom is -0.398 e. The zero-order chi connectivity index (χ0) is 21.2. The normalized spacial score (nSPS) is 11.6. The van der Waals surface area contributed by atoms with Crippen LogP contribution in [0.4, 0.5) is 5.69 Å². The Hall–Kier alpha value is -3.16. The fourth-order valence-corrected chi connectivity index (χ4v) is 4.34. The highest BCUT2D eigenvalue weighted by Gasteiger charge is 2.18. The van der Waals surface area contributed by atoms with Gasteiger partial charge in [0.2, 0.25) is 10.0 Å². The summed E-state index contributed by atoms with van der Waals surface area (Å²) in [5.41, 5.74) is 15.2. The van der Waals surface area contributed by atoms with E-state index in [1.54, 1.807) is 32.0 Å². The van der Waals surface area contributed by atoms with E-state index < -0.39 is 15.9 Å². The van der Waals surface area contributed by atoms with Crippen molar-refractivity contribution in [3.05, 3.63) is 72.3 Å². The van der Waals surface area contributed by atoms with Gasteiger partial charge in [-0.1, -0.05) is 42.5 Å². The molecule has 0 aliphatic heterocycles. The fourth-order valence-electron chi connectivity index (χ4n) is 3.09. The minimum atomic E-state index is -3.60. The number of anilines is 1. The number of rotatable bonds is 6. The minimum absolute atomic E-state index is 0.155. The topological polar surface area (TPSA) is 115 Å². The van der Waals surface area contributed by atoms with Gasteiger partial charge in [0.15, 0.2) is 0 Å². The number of hydrogen-bond acceptors (Lipinski definition) is 4. The molecule has 3 aromatic rings. The molecule has 0 aliphatic rings. The number of nitrogens with two attached hydrogens (primary N) is 2. The second-order valence-corrected chi connectivity index (χ2v) is 8.73. The molecule has 0 fully saturated rings. The number of primary amides is 1. The van der Waals surface area contributed by atoms with Gasteiger partial charge in [0.1, 0.15) is 0 Å². The number of carbonyl (C=O) groups is 1. The van der Waals surface area contributed by atoms with Crippen LogP contribution in [0, 0.1) is 0 Å². The van der Waals surface area contributed by atoms with E-state index in [0.29, 0.717) is 11.1 Å². The van der Waals surface area contributed by atoms with Gasteiger partial charge >= 0.3 is 0 Å². The molecule has 7 heteroatoms. The van der Waals surface area contributed by atoms with Crippen LogP contribution in [0.3, 0.4) is 0 Å². The van der Waals surface area contributed by atoms with Crippen molar-refractivity contribution in [1.29, 1.82) is 0 Å². The van der Waals surface area contributed by atoms with Crippen LogP contribution in [-0.4, -0.2) is 20.4 Å². The first-order valence-corrected chi connectivity index (χ1v) is 10.6. The molecule has 6 nitrogen and oxygen atoms in total. The molecule has 0 saturated heterocycles. The largest absolute Gasteiger partial charge is 0.398 e. The van der Waals surface area contributed by atoms with Crippen molar-refractivity contribution in [2.24, 2.45) is 5.73 Å². The first kappa shape index (κ1) is 20.6. The van der Waals surface area contributed by atoms with Gasteiger partial charge in [-0.3, -0.25) is 4.79 Å². The Balaban J connectivity index is 2.11. The van der Waals surface area contributed by atoms with Crippen LogP contribution in [0.2, 0.25) is 0 Å². The van der Waals surface area contributed by atoms with Gasteiger partial charge in [-0.15, -0.1) is 0 Å². The molecule has 0 spiro atoms. The summed E-state index contributed by atoms with van der Waals surface area (Å²) in [6.45, 7) is 3.51. The van der Waals surface area contributed by atoms with Gasteiger partial charge in [-0.05, 0) is 54.8 Å². The molecule has 150 valence electrons. The number of nitrogen functional groups attached to an aromatic ring is 1. The number of nitrogens with one attached hydrogen (secondary N) is 1. The standard InChI is InChI=1S/C22H23N3O3S/c1-14(2)25-29(27,28)18-10-8-16(9-11-18)19-12-17(15-6-4-3-5-7-15)13-20(21(19)23)22(24)26/h3-14,25H,23H2,1-2H3,(H2,24,26). The Labute approximate surface area is 170 Å². The van der Waals surface area contributed by atoms with Crippen LogP contribution in [0.5, 0.6) is 0 Å². The zero-order valence-corrected chi connectivity index (χ0v) is 17.0. The summed E-state index contributed by atoms with van der Waals surface area (Å²) in [5.74, 6) is -0.623. The van der Waals surface area contributed by atoms with Crippen LogP contribution in [0.15, 0.2) is 71.6 Å². The van der Waals surface area contributed by atoms with Gasteiger partial charge in [0.05, 0.1) is 16.1 Å². The van der Waals surface area contributed by atoms with Crippen molar-refractivity contribution < 1.29 is 13.2 Å². The number of benzene rings is 3. The molecule has 0 heterocycles. The van der Waals surface area contributed by atoms with Crippen molar-refractivity contribution in [3.8, 4) is 22.3 Å². The molecule has 0 unspecified atom stereocenters.